The number of carboxylic acids is 4. The summed E-state index contributed by atoms with van der Waals surface area (Å²) in [5.74, 6) is -16.8. The van der Waals surface area contributed by atoms with Crippen LogP contribution in [0.25, 0.3) is 10.9 Å². The highest BCUT2D eigenvalue weighted by Crippen LogP contribution is 2.20. The Morgan fingerprint density at radius 2 is 1.02 bits per heavy atom. The Balaban J connectivity index is 2.00. The molecule has 0 aliphatic rings. The Morgan fingerprint density at radius 3 is 1.57 bits per heavy atom. The summed E-state index contributed by atoms with van der Waals surface area (Å²) in [7, 11) is 0. The number of aliphatic imine (C=N–C) groups is 1. The van der Waals surface area contributed by atoms with E-state index < -0.39 is 164 Å². The standard InChI is InChI=1S/C50H68N14O18S/c1-23(57-44(76)35(20-39(69)70)61-42(74)28(51)18-38(67)68)41(73)60-34(19-37(52)66)47(79)62-32(16-24-9-11-26(65)12-10-24)45(77)63-33(17-25-22-56-29-7-4-3-6-27(25)29)46(78)58-30(13-15-83-2)43(75)64-36(21-40(71)72)48(80)59-31(49(81)82)8-5-14-55-50(53)54/h3-4,6-7,9-12,22-23,28,30-36,56,65H,5,8,13-21,51H2,1-2H3,(H2,52,66)(H,57,76)(H,58,78)(H,59,80)(H,60,73)(H,61,74)(H,62,79)(H,63,77)(H,64,75)(H,67,68)(H,69,70)(H,71,72)(H,81,82)(H4,53,54,55). The first-order chi connectivity index (χ1) is 39.1. The molecule has 0 spiro atoms. The van der Waals surface area contributed by atoms with Crippen molar-refractivity contribution < 1.29 is 87.9 Å². The van der Waals surface area contributed by atoms with Crippen molar-refractivity contribution in [2.45, 2.75) is 119 Å². The molecule has 0 aliphatic heterocycles. The number of thioether (sulfide) groups is 1. The lowest BCUT2D eigenvalue weighted by molar-refractivity contribution is -0.144. The Labute approximate surface area is 476 Å². The molecule has 0 saturated heterocycles. The number of nitrogens with two attached hydrogens (primary N) is 4. The van der Waals surface area contributed by atoms with Crippen molar-refractivity contribution in [2.24, 2.45) is 27.9 Å². The number of phenols is 1. The van der Waals surface area contributed by atoms with Crippen LogP contribution in [-0.4, -0.2) is 186 Å². The molecule has 22 N–H and O–H groups in total. The summed E-state index contributed by atoms with van der Waals surface area (Å²) in [6.07, 6.45) is -1.65. The number of rotatable bonds is 36. The van der Waals surface area contributed by atoms with Crippen LogP contribution in [0.15, 0.2) is 59.7 Å². The number of aromatic amines is 1. The molecule has 3 aromatic rings. The number of hydrogen-bond acceptors (Lipinski definition) is 17. The fraction of sp³-hybridized carbons (Fsp3) is 0.440. The minimum atomic E-state index is -1.91. The molecule has 83 heavy (non-hydrogen) atoms. The Bertz CT molecular complexity index is 2880. The van der Waals surface area contributed by atoms with Crippen molar-refractivity contribution in [2.75, 3.05) is 18.6 Å². The fourth-order valence-corrected chi connectivity index (χ4v) is 8.32. The van der Waals surface area contributed by atoms with Crippen LogP contribution in [0.3, 0.4) is 0 Å². The molecular formula is C50H68N14O18S. The van der Waals surface area contributed by atoms with Crippen LogP contribution >= 0.6 is 11.8 Å². The summed E-state index contributed by atoms with van der Waals surface area (Å²) in [4.78, 5) is 176. The summed E-state index contributed by atoms with van der Waals surface area (Å²) in [5.41, 5.74) is 23.0. The number of amides is 9. The zero-order valence-corrected chi connectivity index (χ0v) is 45.7. The van der Waals surface area contributed by atoms with Crippen molar-refractivity contribution >= 4 is 106 Å². The number of primary amides is 1. The first kappa shape index (κ1) is 67.7. The van der Waals surface area contributed by atoms with Crippen molar-refractivity contribution in [3.8, 4) is 5.75 Å². The van der Waals surface area contributed by atoms with Crippen LogP contribution in [0.4, 0.5) is 0 Å². The molecule has 0 saturated carbocycles. The number of aromatic nitrogens is 1. The Morgan fingerprint density at radius 1 is 0.554 bits per heavy atom. The van der Waals surface area contributed by atoms with E-state index in [-0.39, 0.29) is 49.7 Å². The smallest absolute Gasteiger partial charge is 0.326 e. The molecule has 0 aliphatic carbocycles. The van der Waals surface area contributed by atoms with Gasteiger partial charge in [-0.1, -0.05) is 30.3 Å². The van der Waals surface area contributed by atoms with Gasteiger partial charge >= 0.3 is 23.9 Å². The average molecular weight is 1190 g/mol. The number of phenolic OH excluding ortho intramolecular Hbond substituents is 1. The van der Waals surface area contributed by atoms with Gasteiger partial charge in [-0.15, -0.1) is 0 Å². The summed E-state index contributed by atoms with van der Waals surface area (Å²) < 4.78 is 0. The fourth-order valence-electron chi connectivity index (χ4n) is 7.85. The zero-order valence-electron chi connectivity index (χ0n) is 44.9. The second-order valence-corrected chi connectivity index (χ2v) is 19.7. The molecule has 2 aromatic carbocycles. The number of benzene rings is 2. The minimum absolute atomic E-state index is 0.00408. The van der Waals surface area contributed by atoms with Crippen LogP contribution < -0.4 is 65.5 Å². The maximum Gasteiger partial charge on any atom is 0.326 e. The predicted molar refractivity (Wildman–Crippen MR) is 294 cm³/mol. The number of nitrogens with one attached hydrogen (secondary N) is 9. The quantitative estimate of drug-likeness (QED) is 0.0147. The largest absolute Gasteiger partial charge is 0.508 e. The maximum atomic E-state index is 14.7. The zero-order chi connectivity index (χ0) is 62.1. The number of H-pyrrole nitrogens is 1. The van der Waals surface area contributed by atoms with E-state index in [1.54, 1.807) is 36.7 Å². The van der Waals surface area contributed by atoms with Crippen LogP contribution in [0, 0.1) is 0 Å². The summed E-state index contributed by atoms with van der Waals surface area (Å²) in [5, 5.41) is 66.9. The monoisotopic (exact) mass is 1180 g/mol. The molecule has 9 atom stereocenters. The first-order valence-corrected chi connectivity index (χ1v) is 26.7. The van der Waals surface area contributed by atoms with Gasteiger partial charge in [-0.05, 0) is 67.5 Å². The highest BCUT2D eigenvalue weighted by atomic mass is 32.2. The van der Waals surface area contributed by atoms with E-state index in [2.05, 4.69) is 47.2 Å². The lowest BCUT2D eigenvalue weighted by Gasteiger charge is -2.27. The molecule has 9 amide bonds. The Kier molecular flexibility index (Phi) is 27.2. The molecule has 452 valence electrons. The summed E-state index contributed by atoms with van der Waals surface area (Å²) in [6.45, 7) is 1.07. The molecule has 0 radical (unpaired) electrons. The van der Waals surface area contributed by atoms with E-state index in [1.807, 2.05) is 5.32 Å². The number of aliphatic carboxylic acids is 4. The molecule has 33 heteroatoms. The molecule has 0 bridgehead atoms. The van der Waals surface area contributed by atoms with Gasteiger partial charge in [-0.2, -0.15) is 11.8 Å². The first-order valence-electron chi connectivity index (χ1n) is 25.3. The van der Waals surface area contributed by atoms with Gasteiger partial charge in [0.05, 0.1) is 31.7 Å². The van der Waals surface area contributed by atoms with Crippen molar-refractivity contribution in [3.05, 3.63) is 65.9 Å². The van der Waals surface area contributed by atoms with Crippen LogP contribution in [0.2, 0.25) is 0 Å². The van der Waals surface area contributed by atoms with Crippen molar-refractivity contribution in [3.63, 3.8) is 0 Å². The van der Waals surface area contributed by atoms with Gasteiger partial charge in [0.25, 0.3) is 0 Å². The number of carboxylic acid groups (broad SMARTS) is 4. The molecule has 1 aromatic heterocycles. The maximum absolute atomic E-state index is 14.7. The second kappa shape index (κ2) is 33.3. The van der Waals surface area contributed by atoms with Gasteiger partial charge in [-0.3, -0.25) is 62.5 Å². The van der Waals surface area contributed by atoms with Crippen LogP contribution in [-0.2, 0) is 75.2 Å². The van der Waals surface area contributed by atoms with Crippen molar-refractivity contribution in [1.29, 1.82) is 0 Å². The molecule has 1 heterocycles. The van der Waals surface area contributed by atoms with Crippen LogP contribution in [0.1, 0.15) is 63.0 Å². The van der Waals surface area contributed by atoms with Gasteiger partial charge in [0.15, 0.2) is 5.96 Å². The molecule has 0 fully saturated rings. The van der Waals surface area contributed by atoms with Gasteiger partial charge < -0.3 is 96.0 Å². The SMILES string of the molecule is CSCCC(NC(=O)C(Cc1c[nH]c2ccccc12)NC(=O)C(Cc1ccc(O)cc1)NC(=O)C(CC(N)=O)NC(=O)C(C)NC(=O)C(CC(=O)O)NC(=O)C(N)CC(=O)O)C(=O)NC(CC(=O)O)C(=O)NC(CCCN=C(N)N)C(=O)O. The lowest BCUT2D eigenvalue weighted by Crippen LogP contribution is -2.61. The third-order valence-electron chi connectivity index (χ3n) is 12.1. The number of fused-ring (bicyclic) bond motifs is 1. The number of carbonyl (C=O) groups excluding carboxylic acids is 9. The van der Waals surface area contributed by atoms with Gasteiger partial charge in [0, 0.05) is 36.5 Å². The number of carbonyl (C=O) groups is 13. The van der Waals surface area contributed by atoms with E-state index in [0.717, 1.165) is 6.92 Å². The van der Waals surface area contributed by atoms with E-state index in [1.165, 1.54) is 36.0 Å². The third-order valence-corrected chi connectivity index (χ3v) is 12.7. The Hall–Kier alpha value is -9.53. The molecule has 32 nitrogen and oxygen atoms in total. The number of nitrogens with zero attached hydrogens (tertiary/aromatic N) is 1. The van der Waals surface area contributed by atoms with E-state index >= 15 is 0 Å². The van der Waals surface area contributed by atoms with E-state index in [4.69, 9.17) is 28.0 Å². The number of hydrogen-bond donors (Lipinski definition) is 18. The number of guanidine groups is 1. The predicted octanol–water partition coefficient (Wildman–Crippen LogP) is -4.92. The highest BCUT2D eigenvalue weighted by Gasteiger charge is 2.36. The minimum Gasteiger partial charge on any atom is -0.508 e. The lowest BCUT2D eigenvalue weighted by atomic mass is 10.0. The van der Waals surface area contributed by atoms with E-state index in [0.29, 0.717) is 22.0 Å². The van der Waals surface area contributed by atoms with Crippen LogP contribution in [0.5, 0.6) is 5.75 Å². The van der Waals surface area contributed by atoms with Gasteiger partial charge in [0.1, 0.15) is 54.1 Å². The second-order valence-electron chi connectivity index (χ2n) is 18.7. The molecular weight excluding hydrogens is 1120 g/mol. The van der Waals surface area contributed by atoms with E-state index in [9.17, 15) is 82.8 Å². The van der Waals surface area contributed by atoms with Crippen molar-refractivity contribution in [1.82, 2.24) is 47.5 Å². The average Bonchev–Trinajstić information content (AvgIpc) is 4.11. The van der Waals surface area contributed by atoms with Gasteiger partial charge in [0.2, 0.25) is 53.2 Å². The third kappa shape index (κ3) is 23.6. The van der Waals surface area contributed by atoms with Gasteiger partial charge in [-0.25, -0.2) is 4.79 Å². The highest BCUT2D eigenvalue weighted by molar-refractivity contribution is 7.98. The number of aromatic hydroxyl groups is 1. The number of para-hydroxylation sites is 1. The topological polar surface area (TPSA) is 552 Å². The summed E-state index contributed by atoms with van der Waals surface area (Å²) >= 11 is 1.24. The molecule has 3 rings (SSSR count). The summed E-state index contributed by atoms with van der Waals surface area (Å²) in [6, 6.07) is -3.35. The normalized spacial score (nSPS) is 14.2. The molecule has 9 unspecified atom stereocenters.